The molecule has 78 valence electrons. The Bertz CT molecular complexity index is 256. The second kappa shape index (κ2) is 5.48. The van der Waals surface area contributed by atoms with Crippen molar-refractivity contribution < 1.29 is 4.52 Å². The lowest BCUT2D eigenvalue weighted by Crippen LogP contribution is -2.02. The van der Waals surface area contributed by atoms with Gasteiger partial charge in [0.1, 0.15) is 7.49 Å². The summed E-state index contributed by atoms with van der Waals surface area (Å²) in [5, 5.41) is 0. The molecule has 0 N–H and O–H groups in total. The SMILES string of the molecule is CC[P+](C)(C)OCCc1ccccc1. The minimum Gasteiger partial charge on any atom is -0.239 e. The van der Waals surface area contributed by atoms with Gasteiger partial charge in [-0.25, -0.2) is 4.52 Å². The highest BCUT2D eigenvalue weighted by Crippen LogP contribution is 2.51. The summed E-state index contributed by atoms with van der Waals surface area (Å²) in [6, 6.07) is 10.5. The maximum Gasteiger partial charge on any atom is 0.139 e. The summed E-state index contributed by atoms with van der Waals surface area (Å²) < 4.78 is 5.89. The zero-order valence-electron chi connectivity index (χ0n) is 9.36. The van der Waals surface area contributed by atoms with E-state index in [0.29, 0.717) is 0 Å². The third-order valence-corrected chi connectivity index (χ3v) is 4.84. The van der Waals surface area contributed by atoms with Gasteiger partial charge in [0, 0.05) is 6.42 Å². The van der Waals surface area contributed by atoms with Crippen molar-refractivity contribution in [2.24, 2.45) is 0 Å². The summed E-state index contributed by atoms with van der Waals surface area (Å²) in [5.74, 6) is 0. The number of hydrogen-bond donors (Lipinski definition) is 0. The zero-order valence-corrected chi connectivity index (χ0v) is 10.3. The van der Waals surface area contributed by atoms with Crippen LogP contribution in [0.25, 0.3) is 0 Å². The van der Waals surface area contributed by atoms with Crippen LogP contribution in [0.5, 0.6) is 0 Å². The molecule has 1 rings (SSSR count). The van der Waals surface area contributed by atoms with Crippen molar-refractivity contribution in [3.63, 3.8) is 0 Å². The van der Waals surface area contributed by atoms with Gasteiger partial charge < -0.3 is 0 Å². The monoisotopic (exact) mass is 211 g/mol. The molecule has 0 bridgehead atoms. The smallest absolute Gasteiger partial charge is 0.139 e. The Morgan fingerprint density at radius 2 is 1.79 bits per heavy atom. The molecule has 14 heavy (non-hydrogen) atoms. The number of benzene rings is 1. The van der Waals surface area contributed by atoms with E-state index in [-0.39, 0.29) is 0 Å². The highest BCUT2D eigenvalue weighted by atomic mass is 31.2. The molecular weight excluding hydrogens is 191 g/mol. The Morgan fingerprint density at radius 3 is 2.36 bits per heavy atom. The molecule has 0 aliphatic heterocycles. The van der Waals surface area contributed by atoms with E-state index in [4.69, 9.17) is 4.52 Å². The van der Waals surface area contributed by atoms with Crippen LogP contribution in [0.2, 0.25) is 0 Å². The maximum atomic E-state index is 5.89. The van der Waals surface area contributed by atoms with E-state index in [1.165, 1.54) is 11.7 Å². The summed E-state index contributed by atoms with van der Waals surface area (Å²) in [6.45, 7) is 7.56. The van der Waals surface area contributed by atoms with Crippen LogP contribution in [0.3, 0.4) is 0 Å². The molecule has 1 nitrogen and oxygen atoms in total. The average molecular weight is 211 g/mol. The summed E-state index contributed by atoms with van der Waals surface area (Å²) in [7, 11) is -1.06. The third-order valence-electron chi connectivity index (χ3n) is 2.44. The summed E-state index contributed by atoms with van der Waals surface area (Å²) in [5.41, 5.74) is 1.36. The van der Waals surface area contributed by atoms with E-state index < -0.39 is 7.49 Å². The van der Waals surface area contributed by atoms with Crippen molar-refractivity contribution in [3.05, 3.63) is 35.9 Å². The van der Waals surface area contributed by atoms with Crippen molar-refractivity contribution in [1.29, 1.82) is 0 Å². The van der Waals surface area contributed by atoms with Crippen LogP contribution in [0, 0.1) is 0 Å². The minimum atomic E-state index is -1.06. The lowest BCUT2D eigenvalue weighted by atomic mass is 10.2. The van der Waals surface area contributed by atoms with E-state index in [1.54, 1.807) is 0 Å². The molecule has 0 heterocycles. The molecule has 2 heteroatoms. The first-order valence-electron chi connectivity index (χ1n) is 5.15. The van der Waals surface area contributed by atoms with E-state index in [9.17, 15) is 0 Å². The predicted molar refractivity (Wildman–Crippen MR) is 65.4 cm³/mol. The molecule has 0 saturated heterocycles. The fourth-order valence-electron chi connectivity index (χ4n) is 1.15. The molecule has 1 aromatic rings. The molecule has 0 saturated carbocycles. The molecule has 0 fully saturated rings. The van der Waals surface area contributed by atoms with Crippen molar-refractivity contribution in [2.75, 3.05) is 26.1 Å². The van der Waals surface area contributed by atoms with Crippen LogP contribution in [0.15, 0.2) is 30.3 Å². The molecule has 0 spiro atoms. The van der Waals surface area contributed by atoms with Gasteiger partial charge in [-0.1, -0.05) is 30.3 Å². The standard InChI is InChI=1S/C12H20OP/c1-4-14(2,3)13-11-10-12-8-6-5-7-9-12/h5-9H,4,10-11H2,1-3H3/q+1. The van der Waals surface area contributed by atoms with Crippen molar-refractivity contribution in [1.82, 2.24) is 0 Å². The van der Waals surface area contributed by atoms with Crippen LogP contribution in [-0.4, -0.2) is 26.1 Å². The van der Waals surface area contributed by atoms with Gasteiger partial charge in [0.2, 0.25) is 0 Å². The molecule has 0 radical (unpaired) electrons. The van der Waals surface area contributed by atoms with E-state index in [1.807, 2.05) is 6.07 Å². The van der Waals surface area contributed by atoms with E-state index in [2.05, 4.69) is 44.5 Å². The first kappa shape index (κ1) is 11.7. The van der Waals surface area contributed by atoms with Gasteiger partial charge in [-0.15, -0.1) is 0 Å². The van der Waals surface area contributed by atoms with E-state index >= 15 is 0 Å². The van der Waals surface area contributed by atoms with Gasteiger partial charge in [-0.05, 0) is 12.5 Å². The number of hydrogen-bond acceptors (Lipinski definition) is 1. The summed E-state index contributed by atoms with van der Waals surface area (Å²) >= 11 is 0. The second-order valence-corrected chi connectivity index (χ2v) is 8.00. The second-order valence-electron chi connectivity index (χ2n) is 3.96. The van der Waals surface area contributed by atoms with Crippen LogP contribution in [0.4, 0.5) is 0 Å². The quantitative estimate of drug-likeness (QED) is 0.678. The van der Waals surface area contributed by atoms with E-state index in [0.717, 1.165) is 13.0 Å². The van der Waals surface area contributed by atoms with Crippen LogP contribution in [0.1, 0.15) is 12.5 Å². The Morgan fingerprint density at radius 1 is 1.14 bits per heavy atom. The van der Waals surface area contributed by atoms with Crippen molar-refractivity contribution in [3.8, 4) is 0 Å². The van der Waals surface area contributed by atoms with Crippen LogP contribution in [-0.2, 0) is 10.9 Å². The Hall–Kier alpha value is -0.390. The normalized spacial score (nSPS) is 11.6. The maximum absolute atomic E-state index is 5.89. The van der Waals surface area contributed by atoms with Gasteiger partial charge in [0.25, 0.3) is 0 Å². The molecule has 1 aromatic carbocycles. The molecule has 0 aliphatic rings. The molecule has 0 aromatic heterocycles. The lowest BCUT2D eigenvalue weighted by Gasteiger charge is -2.14. The lowest BCUT2D eigenvalue weighted by molar-refractivity contribution is 0.350. The number of rotatable bonds is 5. The molecule has 0 aliphatic carbocycles. The Kier molecular flexibility index (Phi) is 4.57. The Labute approximate surface area is 87.9 Å². The Balaban J connectivity index is 2.29. The third kappa shape index (κ3) is 4.21. The van der Waals surface area contributed by atoms with Gasteiger partial charge >= 0.3 is 0 Å². The predicted octanol–water partition coefficient (Wildman–Crippen LogP) is 3.46. The molecule has 0 amide bonds. The van der Waals surface area contributed by atoms with Crippen LogP contribution < -0.4 is 0 Å². The minimum absolute atomic E-state index is 0.860. The molecular formula is C12H20OP+. The van der Waals surface area contributed by atoms with Gasteiger partial charge in [0.05, 0.1) is 26.1 Å². The zero-order chi connectivity index (χ0) is 10.4. The largest absolute Gasteiger partial charge is 0.239 e. The summed E-state index contributed by atoms with van der Waals surface area (Å²) in [6.07, 6.45) is 2.20. The topological polar surface area (TPSA) is 9.23 Å². The van der Waals surface area contributed by atoms with Crippen LogP contribution >= 0.6 is 7.49 Å². The first-order chi connectivity index (χ1) is 6.64. The summed E-state index contributed by atoms with van der Waals surface area (Å²) in [4.78, 5) is 0. The van der Waals surface area contributed by atoms with Crippen molar-refractivity contribution in [2.45, 2.75) is 13.3 Å². The first-order valence-corrected chi connectivity index (χ1v) is 7.94. The van der Waals surface area contributed by atoms with Crippen molar-refractivity contribution >= 4 is 7.49 Å². The highest BCUT2D eigenvalue weighted by molar-refractivity contribution is 7.69. The molecule has 0 atom stereocenters. The molecule has 0 unspecified atom stereocenters. The van der Waals surface area contributed by atoms with Gasteiger partial charge in [0.15, 0.2) is 0 Å². The highest BCUT2D eigenvalue weighted by Gasteiger charge is 2.23. The van der Waals surface area contributed by atoms with Gasteiger partial charge in [-0.2, -0.15) is 0 Å². The van der Waals surface area contributed by atoms with Gasteiger partial charge in [-0.3, -0.25) is 0 Å². The fourth-order valence-corrected chi connectivity index (χ4v) is 1.91. The average Bonchev–Trinajstić information content (AvgIpc) is 2.19. The fraction of sp³-hybridized carbons (Fsp3) is 0.500.